The third kappa shape index (κ3) is 3.49. The highest BCUT2D eigenvalue weighted by Gasteiger charge is 2.09. The van der Waals surface area contributed by atoms with Crippen LogP contribution in [0.4, 0.5) is 0 Å². The van der Waals surface area contributed by atoms with Crippen molar-refractivity contribution in [3.63, 3.8) is 0 Å². The summed E-state index contributed by atoms with van der Waals surface area (Å²) in [6.07, 6.45) is 6.91. The van der Waals surface area contributed by atoms with E-state index in [1.54, 1.807) is 18.5 Å². The summed E-state index contributed by atoms with van der Waals surface area (Å²) in [7, 11) is 0. The SMILES string of the molecule is CCCCc1ccc(-c2ccc(-c3ncccn3)c(C#N)c2)cc1. The maximum atomic E-state index is 9.49. The van der Waals surface area contributed by atoms with Crippen LogP contribution in [-0.4, -0.2) is 9.97 Å². The molecule has 1 heterocycles. The van der Waals surface area contributed by atoms with E-state index in [1.165, 1.54) is 18.4 Å². The monoisotopic (exact) mass is 313 g/mol. The first kappa shape index (κ1) is 15.9. The Kier molecular flexibility index (Phi) is 4.98. The number of rotatable bonds is 5. The fourth-order valence-corrected chi connectivity index (χ4v) is 2.69. The predicted molar refractivity (Wildman–Crippen MR) is 96.2 cm³/mol. The average Bonchev–Trinajstić information content (AvgIpc) is 2.67. The summed E-state index contributed by atoms with van der Waals surface area (Å²) in [4.78, 5) is 8.48. The van der Waals surface area contributed by atoms with Crippen molar-refractivity contribution in [2.75, 3.05) is 0 Å². The van der Waals surface area contributed by atoms with Gasteiger partial charge in [-0.2, -0.15) is 5.26 Å². The Morgan fingerprint density at radius 3 is 2.33 bits per heavy atom. The number of nitrogens with zero attached hydrogens (tertiary/aromatic N) is 3. The number of aryl methyl sites for hydroxylation is 1. The van der Waals surface area contributed by atoms with Crippen LogP contribution >= 0.6 is 0 Å². The van der Waals surface area contributed by atoms with Crippen LogP contribution in [0.15, 0.2) is 60.9 Å². The second kappa shape index (κ2) is 7.52. The smallest absolute Gasteiger partial charge is 0.160 e. The molecule has 0 saturated carbocycles. The van der Waals surface area contributed by atoms with Gasteiger partial charge in [-0.15, -0.1) is 0 Å². The molecule has 0 radical (unpaired) electrons. The minimum atomic E-state index is 0.579. The first-order valence-corrected chi connectivity index (χ1v) is 8.22. The van der Waals surface area contributed by atoms with Gasteiger partial charge in [-0.25, -0.2) is 9.97 Å². The number of aromatic nitrogens is 2. The van der Waals surface area contributed by atoms with E-state index >= 15 is 0 Å². The van der Waals surface area contributed by atoms with Gasteiger partial charge in [0.05, 0.1) is 11.6 Å². The van der Waals surface area contributed by atoms with Crippen molar-refractivity contribution in [1.29, 1.82) is 5.26 Å². The molecular weight excluding hydrogens is 294 g/mol. The molecule has 0 aliphatic heterocycles. The summed E-state index contributed by atoms with van der Waals surface area (Å²) in [6, 6.07) is 18.5. The molecule has 0 N–H and O–H groups in total. The van der Waals surface area contributed by atoms with Crippen LogP contribution in [0.5, 0.6) is 0 Å². The number of nitriles is 1. The Balaban J connectivity index is 1.91. The van der Waals surface area contributed by atoms with Crippen LogP contribution < -0.4 is 0 Å². The highest BCUT2D eigenvalue weighted by atomic mass is 14.8. The largest absolute Gasteiger partial charge is 0.237 e. The van der Waals surface area contributed by atoms with E-state index in [4.69, 9.17) is 0 Å². The molecule has 0 fully saturated rings. The molecule has 0 saturated heterocycles. The van der Waals surface area contributed by atoms with Gasteiger partial charge in [0, 0.05) is 18.0 Å². The lowest BCUT2D eigenvalue weighted by Crippen LogP contribution is -1.92. The van der Waals surface area contributed by atoms with Gasteiger partial charge in [-0.3, -0.25) is 0 Å². The fraction of sp³-hybridized carbons (Fsp3) is 0.190. The topological polar surface area (TPSA) is 49.6 Å². The van der Waals surface area contributed by atoms with Crippen LogP contribution in [0, 0.1) is 11.3 Å². The molecule has 0 amide bonds. The molecule has 24 heavy (non-hydrogen) atoms. The Bertz CT molecular complexity index is 847. The third-order valence-electron chi connectivity index (χ3n) is 4.05. The van der Waals surface area contributed by atoms with Crippen molar-refractivity contribution in [2.45, 2.75) is 26.2 Å². The van der Waals surface area contributed by atoms with Crippen LogP contribution in [0.3, 0.4) is 0 Å². The van der Waals surface area contributed by atoms with E-state index in [1.807, 2.05) is 18.2 Å². The molecule has 2 aromatic carbocycles. The summed E-state index contributed by atoms with van der Waals surface area (Å²) >= 11 is 0. The normalized spacial score (nSPS) is 10.3. The van der Waals surface area contributed by atoms with Crippen molar-refractivity contribution in [2.24, 2.45) is 0 Å². The van der Waals surface area contributed by atoms with Crippen molar-refractivity contribution in [3.8, 4) is 28.6 Å². The van der Waals surface area contributed by atoms with E-state index in [-0.39, 0.29) is 0 Å². The first-order valence-electron chi connectivity index (χ1n) is 8.22. The van der Waals surface area contributed by atoms with Crippen molar-refractivity contribution in [3.05, 3.63) is 72.1 Å². The van der Waals surface area contributed by atoms with E-state index < -0.39 is 0 Å². The van der Waals surface area contributed by atoms with Crippen molar-refractivity contribution >= 4 is 0 Å². The predicted octanol–water partition coefficient (Wildman–Crippen LogP) is 5.02. The zero-order chi connectivity index (χ0) is 16.8. The van der Waals surface area contributed by atoms with Crippen LogP contribution in [0.25, 0.3) is 22.5 Å². The standard InChI is InChI=1S/C21H19N3/c1-2-3-5-16-6-8-17(9-7-16)18-10-11-20(19(14-18)15-22)21-23-12-4-13-24-21/h4,6-14H,2-3,5H2,1H3. The number of hydrogen-bond acceptors (Lipinski definition) is 3. The molecule has 1 aromatic heterocycles. The zero-order valence-electron chi connectivity index (χ0n) is 13.7. The van der Waals surface area contributed by atoms with Crippen LogP contribution in [-0.2, 0) is 6.42 Å². The minimum absolute atomic E-state index is 0.579. The lowest BCUT2D eigenvalue weighted by atomic mass is 9.97. The van der Waals surface area contributed by atoms with Crippen LogP contribution in [0.1, 0.15) is 30.9 Å². The Morgan fingerprint density at radius 2 is 1.67 bits per heavy atom. The quantitative estimate of drug-likeness (QED) is 0.664. The van der Waals surface area contributed by atoms with E-state index in [0.29, 0.717) is 11.4 Å². The van der Waals surface area contributed by atoms with E-state index in [9.17, 15) is 5.26 Å². The van der Waals surface area contributed by atoms with E-state index in [0.717, 1.165) is 23.1 Å². The second-order valence-electron chi connectivity index (χ2n) is 5.75. The second-order valence-corrected chi connectivity index (χ2v) is 5.75. The van der Waals surface area contributed by atoms with Crippen molar-refractivity contribution < 1.29 is 0 Å². The summed E-state index contributed by atoms with van der Waals surface area (Å²) < 4.78 is 0. The van der Waals surface area contributed by atoms with Gasteiger partial charge >= 0.3 is 0 Å². The highest BCUT2D eigenvalue weighted by Crippen LogP contribution is 2.27. The Morgan fingerprint density at radius 1 is 0.958 bits per heavy atom. The molecule has 3 aromatic rings. The van der Waals surface area contributed by atoms with Gasteiger partial charge in [-0.1, -0.05) is 43.7 Å². The molecule has 3 heteroatoms. The first-order chi connectivity index (χ1) is 11.8. The Hall–Kier alpha value is -2.99. The van der Waals surface area contributed by atoms with Gasteiger partial charge in [0.2, 0.25) is 0 Å². The molecular formula is C21H19N3. The molecule has 0 unspecified atom stereocenters. The van der Waals surface area contributed by atoms with Gasteiger partial charge in [-0.05, 0) is 47.7 Å². The molecule has 3 rings (SSSR count). The summed E-state index contributed by atoms with van der Waals surface area (Å²) in [6.45, 7) is 2.20. The number of benzene rings is 2. The number of unbranched alkanes of at least 4 members (excludes halogenated alkanes) is 1. The summed E-state index contributed by atoms with van der Waals surface area (Å²) in [5.41, 5.74) is 4.87. The maximum absolute atomic E-state index is 9.49. The van der Waals surface area contributed by atoms with Crippen molar-refractivity contribution in [1.82, 2.24) is 9.97 Å². The summed E-state index contributed by atoms with van der Waals surface area (Å²) in [5, 5.41) is 9.49. The molecule has 0 aliphatic rings. The Labute approximate surface area is 142 Å². The lowest BCUT2D eigenvalue weighted by molar-refractivity contribution is 0.795. The van der Waals surface area contributed by atoms with Crippen LogP contribution in [0.2, 0.25) is 0 Å². The molecule has 3 nitrogen and oxygen atoms in total. The fourth-order valence-electron chi connectivity index (χ4n) is 2.69. The van der Waals surface area contributed by atoms with Gasteiger partial charge < -0.3 is 0 Å². The molecule has 0 bridgehead atoms. The molecule has 0 atom stereocenters. The number of hydrogen-bond donors (Lipinski definition) is 0. The average molecular weight is 313 g/mol. The molecule has 118 valence electrons. The zero-order valence-corrected chi connectivity index (χ0v) is 13.7. The van der Waals surface area contributed by atoms with Gasteiger partial charge in [0.25, 0.3) is 0 Å². The molecule has 0 spiro atoms. The van der Waals surface area contributed by atoms with Gasteiger partial charge in [0.1, 0.15) is 0 Å². The van der Waals surface area contributed by atoms with E-state index in [2.05, 4.69) is 47.2 Å². The maximum Gasteiger partial charge on any atom is 0.160 e. The lowest BCUT2D eigenvalue weighted by Gasteiger charge is -2.07. The summed E-state index contributed by atoms with van der Waals surface area (Å²) in [5.74, 6) is 0.579. The minimum Gasteiger partial charge on any atom is -0.237 e. The third-order valence-corrected chi connectivity index (χ3v) is 4.05. The highest BCUT2D eigenvalue weighted by molar-refractivity contribution is 5.73. The van der Waals surface area contributed by atoms with Gasteiger partial charge in [0.15, 0.2) is 5.82 Å². The molecule has 0 aliphatic carbocycles.